The highest BCUT2D eigenvalue weighted by Gasteiger charge is 2.14. The number of amides is 2. The second kappa shape index (κ2) is 6.92. The smallest absolute Gasteiger partial charge is 0.318 e. The number of hydrogen-bond donors (Lipinski definition) is 2. The first kappa shape index (κ1) is 13.6. The highest BCUT2D eigenvalue weighted by molar-refractivity contribution is 5.76. The Morgan fingerprint density at radius 3 is 2.68 bits per heavy atom. The van der Waals surface area contributed by atoms with Gasteiger partial charge in [-0.25, -0.2) is 9.18 Å². The molecule has 1 aliphatic rings. The van der Waals surface area contributed by atoms with Crippen LogP contribution in [0.3, 0.4) is 0 Å². The number of urea groups is 1. The zero-order valence-corrected chi connectivity index (χ0v) is 10.9. The van der Waals surface area contributed by atoms with Crippen molar-refractivity contribution >= 4 is 12.1 Å². The summed E-state index contributed by atoms with van der Waals surface area (Å²) in [5, 5.41) is 5.53. The zero-order valence-electron chi connectivity index (χ0n) is 10.9. The minimum Gasteiger partial charge on any atom is -0.335 e. The molecule has 4 heteroatoms. The van der Waals surface area contributed by atoms with Crippen molar-refractivity contribution in [2.24, 2.45) is 0 Å². The highest BCUT2D eigenvalue weighted by Crippen LogP contribution is 2.17. The molecule has 102 valence electrons. The van der Waals surface area contributed by atoms with Crippen LogP contribution in [0.2, 0.25) is 0 Å². The lowest BCUT2D eigenvalue weighted by molar-refractivity contribution is 0.236. The Bertz CT molecular complexity index is 453. The van der Waals surface area contributed by atoms with Crippen molar-refractivity contribution in [2.75, 3.05) is 0 Å². The van der Waals surface area contributed by atoms with Crippen molar-refractivity contribution in [1.82, 2.24) is 10.6 Å². The highest BCUT2D eigenvalue weighted by atomic mass is 19.1. The lowest BCUT2D eigenvalue weighted by Crippen LogP contribution is -2.40. The lowest BCUT2D eigenvalue weighted by Gasteiger charge is -2.22. The normalized spacial score (nSPS) is 16.5. The molecule has 2 amide bonds. The Kier molecular flexibility index (Phi) is 4.95. The monoisotopic (exact) mass is 262 g/mol. The van der Waals surface area contributed by atoms with Crippen molar-refractivity contribution in [3.05, 3.63) is 41.8 Å². The molecule has 2 rings (SSSR count). The van der Waals surface area contributed by atoms with Crippen LogP contribution < -0.4 is 10.6 Å². The molecule has 0 radical (unpaired) electrons. The van der Waals surface area contributed by atoms with Crippen LogP contribution in [0.5, 0.6) is 0 Å². The number of hydrogen-bond acceptors (Lipinski definition) is 1. The molecule has 0 aromatic heterocycles. The minimum absolute atomic E-state index is 0.223. The molecule has 1 aliphatic carbocycles. The molecule has 0 unspecified atom stereocenters. The Morgan fingerprint density at radius 1 is 1.21 bits per heavy atom. The molecule has 0 spiro atoms. The van der Waals surface area contributed by atoms with E-state index < -0.39 is 0 Å². The average molecular weight is 262 g/mol. The van der Waals surface area contributed by atoms with Gasteiger partial charge in [-0.2, -0.15) is 0 Å². The number of carbonyl (C=O) groups excluding carboxylic acids is 1. The largest absolute Gasteiger partial charge is 0.335 e. The number of benzene rings is 1. The van der Waals surface area contributed by atoms with E-state index in [9.17, 15) is 9.18 Å². The fraction of sp³-hybridized carbons (Fsp3) is 0.400. The molecule has 19 heavy (non-hydrogen) atoms. The standard InChI is InChI=1S/C15H19FN2O/c16-14-9-5-4-6-12(14)10-11-17-15(19)18-13-7-2-1-3-8-13/h4-6,9-11,13H,1-3,7-8H2,(H2,17,18,19)/b11-10+. The van der Waals surface area contributed by atoms with Gasteiger partial charge in [-0.1, -0.05) is 37.5 Å². The molecule has 1 fully saturated rings. The maximum atomic E-state index is 13.3. The summed E-state index contributed by atoms with van der Waals surface area (Å²) in [7, 11) is 0. The van der Waals surface area contributed by atoms with E-state index >= 15 is 0 Å². The van der Waals surface area contributed by atoms with Gasteiger partial charge in [0.05, 0.1) is 0 Å². The molecular weight excluding hydrogens is 243 g/mol. The Morgan fingerprint density at radius 2 is 1.95 bits per heavy atom. The Hall–Kier alpha value is -1.84. The summed E-state index contributed by atoms with van der Waals surface area (Å²) in [4.78, 5) is 11.6. The van der Waals surface area contributed by atoms with Gasteiger partial charge < -0.3 is 10.6 Å². The molecule has 1 aromatic rings. The topological polar surface area (TPSA) is 41.1 Å². The van der Waals surface area contributed by atoms with Crippen molar-refractivity contribution in [2.45, 2.75) is 38.1 Å². The quantitative estimate of drug-likeness (QED) is 0.861. The molecule has 0 saturated heterocycles. The van der Waals surface area contributed by atoms with Gasteiger partial charge in [0.2, 0.25) is 0 Å². The van der Waals surface area contributed by atoms with Crippen LogP contribution in [0.15, 0.2) is 30.5 Å². The second-order valence-corrected chi connectivity index (χ2v) is 4.81. The van der Waals surface area contributed by atoms with E-state index in [0.717, 1.165) is 12.8 Å². The summed E-state index contributed by atoms with van der Waals surface area (Å²) in [6.07, 6.45) is 8.72. The number of carbonyl (C=O) groups is 1. The average Bonchev–Trinajstić information content (AvgIpc) is 2.42. The summed E-state index contributed by atoms with van der Waals surface area (Å²) in [5.74, 6) is -0.298. The first-order valence-electron chi connectivity index (χ1n) is 6.74. The van der Waals surface area contributed by atoms with E-state index in [1.165, 1.54) is 31.5 Å². The van der Waals surface area contributed by atoms with Crippen molar-refractivity contribution in [1.29, 1.82) is 0 Å². The molecule has 1 aromatic carbocycles. The third-order valence-corrected chi connectivity index (χ3v) is 3.32. The third kappa shape index (κ3) is 4.39. The fourth-order valence-electron chi connectivity index (χ4n) is 2.29. The van der Waals surface area contributed by atoms with E-state index in [4.69, 9.17) is 0 Å². The lowest BCUT2D eigenvalue weighted by atomic mass is 9.96. The van der Waals surface area contributed by atoms with Gasteiger partial charge in [0.25, 0.3) is 0 Å². The van der Waals surface area contributed by atoms with Crippen molar-refractivity contribution in [3.63, 3.8) is 0 Å². The van der Waals surface area contributed by atoms with Crippen LogP contribution in [0.4, 0.5) is 9.18 Å². The molecule has 0 heterocycles. The Balaban J connectivity index is 1.78. The summed E-state index contributed by atoms with van der Waals surface area (Å²) < 4.78 is 13.3. The van der Waals surface area contributed by atoms with E-state index in [2.05, 4.69) is 10.6 Å². The molecular formula is C15H19FN2O. The summed E-state index contributed by atoms with van der Waals surface area (Å²) in [6.45, 7) is 0. The van der Waals surface area contributed by atoms with E-state index in [-0.39, 0.29) is 17.9 Å². The first-order chi connectivity index (χ1) is 9.25. The molecule has 0 atom stereocenters. The van der Waals surface area contributed by atoms with Crippen molar-refractivity contribution in [3.8, 4) is 0 Å². The van der Waals surface area contributed by atoms with E-state index in [0.29, 0.717) is 5.56 Å². The van der Waals surface area contributed by atoms with Crippen LogP contribution in [-0.2, 0) is 0 Å². The van der Waals surface area contributed by atoms with E-state index in [1.807, 2.05) is 0 Å². The maximum Gasteiger partial charge on any atom is 0.318 e. The molecule has 1 saturated carbocycles. The van der Waals surface area contributed by atoms with Crippen LogP contribution in [-0.4, -0.2) is 12.1 Å². The van der Waals surface area contributed by atoms with Gasteiger partial charge in [-0.15, -0.1) is 0 Å². The van der Waals surface area contributed by atoms with Crippen molar-refractivity contribution < 1.29 is 9.18 Å². The second-order valence-electron chi connectivity index (χ2n) is 4.81. The summed E-state index contributed by atoms with van der Waals surface area (Å²) in [6, 6.07) is 6.49. The summed E-state index contributed by atoms with van der Waals surface area (Å²) >= 11 is 0. The first-order valence-corrected chi connectivity index (χ1v) is 6.74. The molecule has 3 nitrogen and oxygen atoms in total. The van der Waals surface area contributed by atoms with E-state index in [1.54, 1.807) is 24.3 Å². The van der Waals surface area contributed by atoms with Gasteiger partial charge in [0.15, 0.2) is 0 Å². The van der Waals surface area contributed by atoms with Gasteiger partial charge >= 0.3 is 6.03 Å². The van der Waals surface area contributed by atoms with Crippen LogP contribution in [0.25, 0.3) is 6.08 Å². The zero-order chi connectivity index (χ0) is 13.5. The number of halogens is 1. The van der Waals surface area contributed by atoms with Crippen LogP contribution in [0, 0.1) is 5.82 Å². The minimum atomic E-state index is -0.298. The Labute approximate surface area is 112 Å². The number of nitrogens with one attached hydrogen (secondary N) is 2. The number of rotatable bonds is 3. The van der Waals surface area contributed by atoms with Crippen LogP contribution >= 0.6 is 0 Å². The predicted molar refractivity (Wildman–Crippen MR) is 74.0 cm³/mol. The maximum absolute atomic E-state index is 13.3. The molecule has 0 bridgehead atoms. The van der Waals surface area contributed by atoms with Gasteiger partial charge in [-0.3, -0.25) is 0 Å². The third-order valence-electron chi connectivity index (χ3n) is 3.32. The van der Waals surface area contributed by atoms with Gasteiger partial charge in [0, 0.05) is 17.8 Å². The summed E-state index contributed by atoms with van der Waals surface area (Å²) in [5.41, 5.74) is 0.459. The predicted octanol–water partition coefficient (Wildman–Crippen LogP) is 3.43. The fourth-order valence-corrected chi connectivity index (χ4v) is 2.29. The van der Waals surface area contributed by atoms with Gasteiger partial charge in [-0.05, 0) is 25.0 Å². The van der Waals surface area contributed by atoms with Gasteiger partial charge in [0.1, 0.15) is 5.82 Å². The molecule has 2 N–H and O–H groups in total. The SMILES string of the molecule is O=C(N/C=C/c1ccccc1F)NC1CCCCC1. The van der Waals surface area contributed by atoms with Crippen LogP contribution in [0.1, 0.15) is 37.7 Å². The molecule has 0 aliphatic heterocycles.